The van der Waals surface area contributed by atoms with Crippen molar-refractivity contribution >= 4 is 32.7 Å². The molecule has 1 atom stereocenters. The van der Waals surface area contributed by atoms with Gasteiger partial charge in [0.05, 0.1) is 18.1 Å². The Morgan fingerprint density at radius 3 is 2.47 bits per heavy atom. The van der Waals surface area contributed by atoms with Crippen molar-refractivity contribution in [2.45, 2.75) is 37.2 Å². The summed E-state index contributed by atoms with van der Waals surface area (Å²) < 4.78 is 44.1. The van der Waals surface area contributed by atoms with Crippen molar-refractivity contribution in [3.63, 3.8) is 0 Å². The third-order valence-corrected chi connectivity index (χ3v) is 6.72. The van der Waals surface area contributed by atoms with Crippen LogP contribution in [0.2, 0.25) is 0 Å². The van der Waals surface area contributed by atoms with Gasteiger partial charge in [-0.3, -0.25) is 4.79 Å². The summed E-state index contributed by atoms with van der Waals surface area (Å²) in [5.41, 5.74) is 1.81. The molecule has 0 spiro atoms. The Kier molecular flexibility index (Phi) is 6.71. The lowest BCUT2D eigenvalue weighted by molar-refractivity contribution is -0.117. The Balaban J connectivity index is 1.61. The number of nitrogens with one attached hydrogen (secondary N) is 2. The summed E-state index contributed by atoms with van der Waals surface area (Å²) in [6.45, 7) is 3.97. The predicted octanol–water partition coefficient (Wildman–Crippen LogP) is 3.68. The molecule has 176 valence electrons. The molecule has 10 heteroatoms. The second-order valence-electron chi connectivity index (χ2n) is 8.10. The van der Waals surface area contributed by atoms with Crippen molar-refractivity contribution in [3.8, 4) is 0 Å². The number of benzene rings is 2. The summed E-state index contributed by atoms with van der Waals surface area (Å²) in [7, 11) is -4.30. The number of halogens is 1. The standard InChI is InChI=1S/C24H24FN5O3S/c1-16(2)30-23-18(14-27-30)13-19(15-26-23)28-24(31)21(12-17-8-4-3-5-9-17)29-34(32,33)22-11-7-6-10-20(22)25/h3-11,13-16,21,29H,12H2,1-2H3,(H,28,31)/t21-/m1/s1. The first-order valence-corrected chi connectivity index (χ1v) is 12.2. The summed E-state index contributed by atoms with van der Waals surface area (Å²) in [5.74, 6) is -1.49. The number of sulfonamides is 1. The van der Waals surface area contributed by atoms with E-state index < -0.39 is 32.7 Å². The molecule has 34 heavy (non-hydrogen) atoms. The first kappa shape index (κ1) is 23.5. The van der Waals surface area contributed by atoms with Gasteiger partial charge in [0.15, 0.2) is 5.65 Å². The Morgan fingerprint density at radius 1 is 1.06 bits per heavy atom. The molecule has 0 unspecified atom stereocenters. The van der Waals surface area contributed by atoms with Gasteiger partial charge >= 0.3 is 0 Å². The third kappa shape index (κ3) is 5.13. The molecule has 0 fully saturated rings. The van der Waals surface area contributed by atoms with Gasteiger partial charge in [0.1, 0.15) is 16.8 Å². The molecule has 2 aromatic carbocycles. The smallest absolute Gasteiger partial charge is 0.244 e. The topological polar surface area (TPSA) is 106 Å². The maximum atomic E-state index is 14.2. The highest BCUT2D eigenvalue weighted by molar-refractivity contribution is 7.89. The molecule has 0 aliphatic carbocycles. The van der Waals surface area contributed by atoms with Crippen LogP contribution in [-0.4, -0.2) is 35.1 Å². The number of rotatable bonds is 8. The molecule has 0 radical (unpaired) electrons. The SMILES string of the molecule is CC(C)n1ncc2cc(NC(=O)[C@@H](Cc3ccccc3)NS(=O)(=O)c3ccccc3F)cnc21. The fourth-order valence-electron chi connectivity index (χ4n) is 3.57. The number of pyridine rings is 1. The quantitative estimate of drug-likeness (QED) is 0.399. The second kappa shape index (κ2) is 9.70. The molecule has 8 nitrogen and oxygen atoms in total. The molecule has 0 saturated heterocycles. The minimum absolute atomic E-state index is 0.0707. The zero-order valence-corrected chi connectivity index (χ0v) is 19.5. The molecular weight excluding hydrogens is 457 g/mol. The molecule has 2 aromatic heterocycles. The van der Waals surface area contributed by atoms with E-state index in [1.807, 2.05) is 19.9 Å². The average Bonchev–Trinajstić information content (AvgIpc) is 3.23. The Hall–Kier alpha value is -3.63. The summed E-state index contributed by atoms with van der Waals surface area (Å²) in [6, 6.07) is 14.6. The van der Waals surface area contributed by atoms with Crippen LogP contribution >= 0.6 is 0 Å². The van der Waals surface area contributed by atoms with Crippen molar-refractivity contribution in [1.29, 1.82) is 0 Å². The lowest BCUT2D eigenvalue weighted by atomic mass is 10.1. The highest BCUT2D eigenvalue weighted by atomic mass is 32.2. The number of hydrogen-bond acceptors (Lipinski definition) is 5. The number of carbonyl (C=O) groups excluding carboxylic acids is 1. The van der Waals surface area contributed by atoms with E-state index >= 15 is 0 Å². The fourth-order valence-corrected chi connectivity index (χ4v) is 4.84. The van der Waals surface area contributed by atoms with Crippen LogP contribution in [0.1, 0.15) is 25.5 Å². The number of aromatic nitrogens is 3. The van der Waals surface area contributed by atoms with E-state index in [4.69, 9.17) is 0 Å². The molecule has 1 amide bonds. The average molecular weight is 482 g/mol. The van der Waals surface area contributed by atoms with E-state index in [1.54, 1.807) is 41.2 Å². The Morgan fingerprint density at radius 2 is 1.76 bits per heavy atom. The summed E-state index contributed by atoms with van der Waals surface area (Å²) >= 11 is 0. The van der Waals surface area contributed by atoms with Crippen molar-refractivity contribution in [2.24, 2.45) is 0 Å². The summed E-state index contributed by atoms with van der Waals surface area (Å²) in [6.07, 6.45) is 3.22. The number of amides is 1. The third-order valence-electron chi connectivity index (χ3n) is 5.21. The number of anilines is 1. The minimum atomic E-state index is -4.30. The van der Waals surface area contributed by atoms with Gasteiger partial charge in [-0.05, 0) is 44.0 Å². The van der Waals surface area contributed by atoms with E-state index in [9.17, 15) is 17.6 Å². The van der Waals surface area contributed by atoms with Gasteiger partial charge in [-0.15, -0.1) is 0 Å². The highest BCUT2D eigenvalue weighted by Gasteiger charge is 2.28. The molecule has 0 aliphatic rings. The summed E-state index contributed by atoms with van der Waals surface area (Å²) in [5, 5.41) is 7.77. The van der Waals surface area contributed by atoms with E-state index in [2.05, 4.69) is 20.1 Å². The maximum Gasteiger partial charge on any atom is 0.244 e. The van der Waals surface area contributed by atoms with E-state index in [-0.39, 0.29) is 12.5 Å². The monoisotopic (exact) mass is 481 g/mol. The number of nitrogens with zero attached hydrogens (tertiary/aromatic N) is 3. The van der Waals surface area contributed by atoms with Gasteiger partial charge < -0.3 is 5.32 Å². The zero-order chi connectivity index (χ0) is 24.3. The molecule has 2 heterocycles. The van der Waals surface area contributed by atoms with Gasteiger partial charge in [0.25, 0.3) is 0 Å². The Labute approximate surface area is 196 Å². The molecule has 2 N–H and O–H groups in total. The van der Waals surface area contributed by atoms with Crippen molar-refractivity contribution in [3.05, 3.63) is 84.4 Å². The van der Waals surface area contributed by atoms with Gasteiger partial charge in [-0.2, -0.15) is 9.82 Å². The van der Waals surface area contributed by atoms with E-state index in [1.165, 1.54) is 18.3 Å². The van der Waals surface area contributed by atoms with Gasteiger partial charge in [0.2, 0.25) is 15.9 Å². The predicted molar refractivity (Wildman–Crippen MR) is 127 cm³/mol. The first-order valence-electron chi connectivity index (χ1n) is 10.7. The van der Waals surface area contributed by atoms with Crippen LogP contribution in [-0.2, 0) is 21.2 Å². The molecular formula is C24H24FN5O3S. The maximum absolute atomic E-state index is 14.2. The van der Waals surface area contributed by atoms with Crippen molar-refractivity contribution < 1.29 is 17.6 Å². The molecule has 0 saturated carbocycles. The van der Waals surface area contributed by atoms with E-state index in [0.29, 0.717) is 11.3 Å². The van der Waals surface area contributed by atoms with Crippen LogP contribution in [0, 0.1) is 5.82 Å². The molecule has 0 aliphatic heterocycles. The lowest BCUT2D eigenvalue weighted by Gasteiger charge is -2.19. The molecule has 0 bridgehead atoms. The van der Waals surface area contributed by atoms with Gasteiger partial charge in [0, 0.05) is 11.4 Å². The van der Waals surface area contributed by atoms with Crippen LogP contribution < -0.4 is 10.0 Å². The van der Waals surface area contributed by atoms with Crippen LogP contribution in [0.15, 0.2) is 78.0 Å². The fraction of sp³-hybridized carbons (Fsp3) is 0.208. The van der Waals surface area contributed by atoms with Crippen molar-refractivity contribution in [1.82, 2.24) is 19.5 Å². The van der Waals surface area contributed by atoms with Crippen LogP contribution in [0.4, 0.5) is 10.1 Å². The van der Waals surface area contributed by atoms with Crippen LogP contribution in [0.25, 0.3) is 11.0 Å². The highest BCUT2D eigenvalue weighted by Crippen LogP contribution is 2.20. The number of hydrogen-bond donors (Lipinski definition) is 2. The van der Waals surface area contributed by atoms with Crippen LogP contribution in [0.3, 0.4) is 0 Å². The molecule has 4 aromatic rings. The number of carbonyl (C=O) groups is 1. The lowest BCUT2D eigenvalue weighted by Crippen LogP contribution is -2.45. The van der Waals surface area contributed by atoms with Crippen LogP contribution in [0.5, 0.6) is 0 Å². The van der Waals surface area contributed by atoms with E-state index in [0.717, 1.165) is 23.1 Å². The first-order chi connectivity index (χ1) is 16.2. The van der Waals surface area contributed by atoms with Gasteiger partial charge in [-0.1, -0.05) is 42.5 Å². The van der Waals surface area contributed by atoms with Gasteiger partial charge in [-0.25, -0.2) is 22.5 Å². The number of fused-ring (bicyclic) bond motifs is 1. The normalized spacial score (nSPS) is 12.7. The largest absolute Gasteiger partial charge is 0.323 e. The second-order valence-corrected chi connectivity index (χ2v) is 9.79. The van der Waals surface area contributed by atoms with Crippen molar-refractivity contribution in [2.75, 3.05) is 5.32 Å². The zero-order valence-electron chi connectivity index (χ0n) is 18.6. The summed E-state index contributed by atoms with van der Waals surface area (Å²) in [4.78, 5) is 17.0. The molecule has 4 rings (SSSR count). The minimum Gasteiger partial charge on any atom is -0.323 e. The Bertz CT molecular complexity index is 1420.